The van der Waals surface area contributed by atoms with E-state index < -0.39 is 0 Å². The van der Waals surface area contributed by atoms with Gasteiger partial charge in [0, 0.05) is 36.7 Å². The summed E-state index contributed by atoms with van der Waals surface area (Å²) in [5, 5.41) is 10.7. The first kappa shape index (κ1) is 16.1. The van der Waals surface area contributed by atoms with Crippen molar-refractivity contribution in [2.24, 2.45) is 0 Å². The van der Waals surface area contributed by atoms with Crippen molar-refractivity contribution in [2.45, 2.75) is 20.8 Å². The molecule has 1 aliphatic heterocycles. The molecule has 130 valence electrons. The van der Waals surface area contributed by atoms with Gasteiger partial charge in [0.2, 0.25) is 0 Å². The van der Waals surface area contributed by atoms with Crippen LogP contribution in [0.15, 0.2) is 24.3 Å². The predicted molar refractivity (Wildman–Crippen MR) is 104 cm³/mol. The number of aromatic nitrogens is 2. The Morgan fingerprint density at radius 3 is 2.24 bits per heavy atom. The third-order valence-electron chi connectivity index (χ3n) is 4.92. The summed E-state index contributed by atoms with van der Waals surface area (Å²) >= 11 is 1.76. The smallest absolute Gasteiger partial charge is 0.141 e. The molecule has 0 radical (unpaired) electrons. The molecular formula is C19H22N4OS. The molecule has 2 aromatic heterocycles. The van der Waals surface area contributed by atoms with E-state index in [0.717, 1.165) is 48.3 Å². The maximum atomic E-state index is 9.46. The first-order valence-corrected chi connectivity index (χ1v) is 9.38. The maximum absolute atomic E-state index is 9.46. The number of hydrogen-bond donors (Lipinski definition) is 1. The normalized spacial score (nSPS) is 15.2. The summed E-state index contributed by atoms with van der Waals surface area (Å²) in [6.07, 6.45) is 0. The Labute approximate surface area is 151 Å². The molecule has 5 nitrogen and oxygen atoms in total. The third kappa shape index (κ3) is 2.91. The van der Waals surface area contributed by atoms with Crippen molar-refractivity contribution < 1.29 is 5.11 Å². The van der Waals surface area contributed by atoms with Crippen LogP contribution in [0.5, 0.6) is 5.75 Å². The van der Waals surface area contributed by atoms with Crippen LogP contribution >= 0.6 is 11.3 Å². The van der Waals surface area contributed by atoms with Crippen molar-refractivity contribution in [3.63, 3.8) is 0 Å². The summed E-state index contributed by atoms with van der Waals surface area (Å²) in [5.74, 6) is 2.23. The van der Waals surface area contributed by atoms with Crippen molar-refractivity contribution in [3.8, 4) is 5.75 Å². The van der Waals surface area contributed by atoms with Crippen LogP contribution in [-0.4, -0.2) is 41.3 Å². The highest BCUT2D eigenvalue weighted by Gasteiger charge is 2.23. The van der Waals surface area contributed by atoms with E-state index in [1.807, 2.05) is 19.1 Å². The van der Waals surface area contributed by atoms with Gasteiger partial charge in [-0.2, -0.15) is 0 Å². The predicted octanol–water partition coefficient (Wildman–Crippen LogP) is 3.65. The summed E-state index contributed by atoms with van der Waals surface area (Å²) in [5.41, 5.74) is 2.46. The molecule has 0 bridgehead atoms. The standard InChI is InChI=1S/C19H22N4OS/c1-12-13(2)25-19-17(12)18(20-14(3)21-19)23-10-8-22(9-11-23)15-4-6-16(24)7-5-15/h4-7,24H,8-11H2,1-3H3. The van der Waals surface area contributed by atoms with E-state index in [0.29, 0.717) is 5.75 Å². The molecule has 1 fully saturated rings. The van der Waals surface area contributed by atoms with Gasteiger partial charge in [0.15, 0.2) is 0 Å². The number of aryl methyl sites for hydroxylation is 3. The Morgan fingerprint density at radius 2 is 1.56 bits per heavy atom. The number of rotatable bonds is 2. The Hall–Kier alpha value is -2.34. The second-order valence-electron chi connectivity index (χ2n) is 6.55. The van der Waals surface area contributed by atoms with Crippen molar-refractivity contribution >= 4 is 33.1 Å². The highest BCUT2D eigenvalue weighted by Crippen LogP contribution is 2.35. The number of thiophene rings is 1. The Bertz CT molecular complexity index is 911. The number of nitrogens with zero attached hydrogens (tertiary/aromatic N) is 4. The molecule has 0 atom stereocenters. The minimum atomic E-state index is 0.310. The minimum Gasteiger partial charge on any atom is -0.508 e. The number of hydrogen-bond acceptors (Lipinski definition) is 6. The molecule has 3 aromatic rings. The molecule has 0 amide bonds. The molecule has 0 spiro atoms. The second-order valence-corrected chi connectivity index (χ2v) is 7.75. The molecule has 0 saturated carbocycles. The van der Waals surface area contributed by atoms with E-state index in [1.165, 1.54) is 15.8 Å². The van der Waals surface area contributed by atoms with E-state index in [2.05, 4.69) is 28.6 Å². The van der Waals surface area contributed by atoms with Gasteiger partial charge in [-0.1, -0.05) is 0 Å². The van der Waals surface area contributed by atoms with Gasteiger partial charge in [0.1, 0.15) is 22.2 Å². The van der Waals surface area contributed by atoms with E-state index in [9.17, 15) is 5.11 Å². The lowest BCUT2D eigenvalue weighted by atomic mass is 10.2. The van der Waals surface area contributed by atoms with Crippen molar-refractivity contribution in [2.75, 3.05) is 36.0 Å². The quantitative estimate of drug-likeness (QED) is 0.761. The van der Waals surface area contributed by atoms with Crippen LogP contribution in [0, 0.1) is 20.8 Å². The number of fused-ring (bicyclic) bond motifs is 1. The van der Waals surface area contributed by atoms with E-state index >= 15 is 0 Å². The number of phenolic OH excluding ortho intramolecular Hbond substituents is 1. The SMILES string of the molecule is Cc1nc(N2CCN(c3ccc(O)cc3)CC2)c2c(C)c(C)sc2n1. The van der Waals surface area contributed by atoms with Crippen LogP contribution in [-0.2, 0) is 0 Å². The molecule has 25 heavy (non-hydrogen) atoms. The van der Waals surface area contributed by atoms with E-state index in [-0.39, 0.29) is 0 Å². The topological polar surface area (TPSA) is 52.5 Å². The van der Waals surface area contributed by atoms with Crippen LogP contribution in [0.4, 0.5) is 11.5 Å². The van der Waals surface area contributed by atoms with E-state index in [1.54, 1.807) is 23.5 Å². The molecule has 1 saturated heterocycles. The van der Waals surface area contributed by atoms with Gasteiger partial charge in [-0.05, 0) is 50.6 Å². The van der Waals surface area contributed by atoms with Crippen LogP contribution in [0.2, 0.25) is 0 Å². The molecule has 0 aliphatic carbocycles. The van der Waals surface area contributed by atoms with Crippen LogP contribution < -0.4 is 9.80 Å². The lowest BCUT2D eigenvalue weighted by Gasteiger charge is -2.37. The monoisotopic (exact) mass is 354 g/mol. The average molecular weight is 354 g/mol. The van der Waals surface area contributed by atoms with Gasteiger partial charge in [-0.25, -0.2) is 9.97 Å². The van der Waals surface area contributed by atoms with E-state index in [4.69, 9.17) is 4.98 Å². The van der Waals surface area contributed by atoms with Gasteiger partial charge < -0.3 is 14.9 Å². The molecule has 6 heteroatoms. The average Bonchev–Trinajstić information content (AvgIpc) is 2.89. The van der Waals surface area contributed by atoms with Crippen molar-refractivity contribution in [3.05, 3.63) is 40.5 Å². The minimum absolute atomic E-state index is 0.310. The molecule has 4 rings (SSSR count). The van der Waals surface area contributed by atoms with Gasteiger partial charge in [0.25, 0.3) is 0 Å². The fraction of sp³-hybridized carbons (Fsp3) is 0.368. The third-order valence-corrected chi connectivity index (χ3v) is 6.02. The summed E-state index contributed by atoms with van der Waals surface area (Å²) in [6, 6.07) is 7.45. The maximum Gasteiger partial charge on any atom is 0.141 e. The van der Waals surface area contributed by atoms with Crippen molar-refractivity contribution in [1.29, 1.82) is 0 Å². The fourth-order valence-corrected chi connectivity index (χ4v) is 4.47. The molecule has 3 heterocycles. The fourth-order valence-electron chi connectivity index (χ4n) is 3.40. The Morgan fingerprint density at radius 1 is 0.920 bits per heavy atom. The lowest BCUT2D eigenvalue weighted by molar-refractivity contribution is 0.475. The zero-order valence-electron chi connectivity index (χ0n) is 14.8. The summed E-state index contributed by atoms with van der Waals surface area (Å²) in [7, 11) is 0. The second kappa shape index (κ2) is 6.19. The first-order chi connectivity index (χ1) is 12.0. The number of piperazine rings is 1. The van der Waals surface area contributed by atoms with Gasteiger partial charge in [-0.3, -0.25) is 0 Å². The number of anilines is 2. The Kier molecular flexibility index (Phi) is 4.00. The summed E-state index contributed by atoms with van der Waals surface area (Å²) in [6.45, 7) is 10.0. The highest BCUT2D eigenvalue weighted by atomic mass is 32.1. The van der Waals surface area contributed by atoms with Crippen LogP contribution in [0.1, 0.15) is 16.3 Å². The first-order valence-electron chi connectivity index (χ1n) is 8.56. The number of benzene rings is 1. The zero-order chi connectivity index (χ0) is 17.6. The zero-order valence-corrected chi connectivity index (χ0v) is 15.6. The van der Waals surface area contributed by atoms with Crippen LogP contribution in [0.3, 0.4) is 0 Å². The Balaban J connectivity index is 1.60. The van der Waals surface area contributed by atoms with Crippen molar-refractivity contribution in [1.82, 2.24) is 9.97 Å². The summed E-state index contributed by atoms with van der Waals surface area (Å²) in [4.78, 5) is 16.6. The largest absolute Gasteiger partial charge is 0.508 e. The molecule has 0 unspecified atom stereocenters. The summed E-state index contributed by atoms with van der Waals surface area (Å²) < 4.78 is 0. The number of phenols is 1. The lowest BCUT2D eigenvalue weighted by Crippen LogP contribution is -2.47. The molecule has 1 aliphatic rings. The molecular weight excluding hydrogens is 332 g/mol. The van der Waals surface area contributed by atoms with Gasteiger partial charge in [-0.15, -0.1) is 11.3 Å². The van der Waals surface area contributed by atoms with Gasteiger partial charge >= 0.3 is 0 Å². The highest BCUT2D eigenvalue weighted by molar-refractivity contribution is 7.18. The number of aromatic hydroxyl groups is 1. The molecule has 1 aromatic carbocycles. The van der Waals surface area contributed by atoms with Gasteiger partial charge in [0.05, 0.1) is 5.39 Å². The van der Waals surface area contributed by atoms with Crippen LogP contribution in [0.25, 0.3) is 10.2 Å². The molecule has 1 N–H and O–H groups in total.